The molecule has 0 aromatic heterocycles. The van der Waals surface area contributed by atoms with Gasteiger partial charge in [0, 0.05) is 16.6 Å². The van der Waals surface area contributed by atoms with Gasteiger partial charge < -0.3 is 5.32 Å². The summed E-state index contributed by atoms with van der Waals surface area (Å²) in [6.45, 7) is 2.35. The highest BCUT2D eigenvalue weighted by Gasteiger charge is 2.35. The van der Waals surface area contributed by atoms with E-state index in [4.69, 9.17) is 0 Å². The molecular weight excluding hydrogens is 274 g/mol. The van der Waals surface area contributed by atoms with Crippen LogP contribution in [0.15, 0.2) is 28.7 Å². The van der Waals surface area contributed by atoms with E-state index in [0.29, 0.717) is 0 Å². The van der Waals surface area contributed by atoms with Crippen molar-refractivity contribution in [3.8, 4) is 0 Å². The molecule has 0 spiro atoms. The van der Waals surface area contributed by atoms with Gasteiger partial charge in [-0.05, 0) is 56.1 Å². The first kappa shape index (κ1) is 11.7. The number of hydrogen-bond donors (Lipinski definition) is 1. The third-order valence-corrected chi connectivity index (χ3v) is 5.03. The summed E-state index contributed by atoms with van der Waals surface area (Å²) < 4.78 is 1.28. The Kier molecular flexibility index (Phi) is 3.27. The molecule has 92 valence electrons. The number of nitrogens with one attached hydrogen (secondary N) is 1. The number of rotatable bonds is 4. The normalized spacial score (nSPS) is 29.8. The monoisotopic (exact) mass is 293 g/mol. The average molecular weight is 294 g/mol. The van der Waals surface area contributed by atoms with Gasteiger partial charge >= 0.3 is 0 Å². The first-order valence-corrected chi connectivity index (χ1v) is 7.54. The molecule has 0 aliphatic heterocycles. The molecule has 1 unspecified atom stereocenters. The van der Waals surface area contributed by atoms with E-state index < -0.39 is 0 Å². The van der Waals surface area contributed by atoms with Gasteiger partial charge in [0.05, 0.1) is 0 Å². The quantitative estimate of drug-likeness (QED) is 0.882. The predicted molar refractivity (Wildman–Crippen MR) is 75.2 cm³/mol. The number of hydrogen-bond acceptors (Lipinski definition) is 1. The summed E-state index contributed by atoms with van der Waals surface area (Å²) >= 11 is 3.66. The lowest BCUT2D eigenvalue weighted by molar-refractivity contribution is 0.260. The molecule has 0 saturated heterocycles. The van der Waals surface area contributed by atoms with E-state index in [1.165, 1.54) is 35.7 Å². The first-order chi connectivity index (χ1) is 8.24. The molecule has 0 amide bonds. The van der Waals surface area contributed by atoms with Crippen molar-refractivity contribution in [3.63, 3.8) is 0 Å². The number of benzene rings is 1. The summed E-state index contributed by atoms with van der Waals surface area (Å²) in [5, 5.41) is 3.78. The average Bonchev–Trinajstić information content (AvgIpc) is 3.07. The minimum atomic E-state index is 0.736. The Balaban J connectivity index is 1.52. The zero-order valence-electron chi connectivity index (χ0n) is 10.3. The molecule has 1 aromatic carbocycles. The minimum Gasteiger partial charge on any atom is -0.311 e. The zero-order chi connectivity index (χ0) is 11.8. The standard InChI is InChI=1S/C15H20BrN/c1-10(11-6-7-11)17-13-8-12(9-13)14-4-2-3-5-15(14)16/h2-5,10-13,17H,6-9H2,1H3. The lowest BCUT2D eigenvalue weighted by Gasteiger charge is -2.38. The largest absolute Gasteiger partial charge is 0.311 e. The molecule has 17 heavy (non-hydrogen) atoms. The topological polar surface area (TPSA) is 12.0 Å². The maximum atomic E-state index is 3.78. The maximum Gasteiger partial charge on any atom is 0.0210 e. The van der Waals surface area contributed by atoms with Crippen LogP contribution in [0.1, 0.15) is 44.1 Å². The fourth-order valence-electron chi connectivity index (χ4n) is 2.92. The molecule has 0 heterocycles. The number of halogens is 1. The Morgan fingerprint density at radius 3 is 2.59 bits per heavy atom. The van der Waals surface area contributed by atoms with Crippen molar-refractivity contribution in [2.75, 3.05) is 0 Å². The van der Waals surface area contributed by atoms with Gasteiger partial charge in [0.15, 0.2) is 0 Å². The maximum absolute atomic E-state index is 3.78. The van der Waals surface area contributed by atoms with Crippen molar-refractivity contribution in [2.24, 2.45) is 5.92 Å². The van der Waals surface area contributed by atoms with E-state index in [2.05, 4.69) is 52.4 Å². The van der Waals surface area contributed by atoms with Crippen molar-refractivity contribution in [1.82, 2.24) is 5.32 Å². The molecule has 2 aliphatic carbocycles. The van der Waals surface area contributed by atoms with Gasteiger partial charge in [-0.15, -0.1) is 0 Å². The Labute approximate surface area is 112 Å². The molecule has 1 N–H and O–H groups in total. The van der Waals surface area contributed by atoms with E-state index in [9.17, 15) is 0 Å². The van der Waals surface area contributed by atoms with Gasteiger partial charge in [0.1, 0.15) is 0 Å². The van der Waals surface area contributed by atoms with Crippen LogP contribution in [0.3, 0.4) is 0 Å². The molecule has 2 fully saturated rings. The summed E-state index contributed by atoms with van der Waals surface area (Å²) in [6, 6.07) is 10.1. The Bertz CT molecular complexity index is 394. The SMILES string of the molecule is CC(NC1CC(c2ccccc2Br)C1)C1CC1. The zero-order valence-corrected chi connectivity index (χ0v) is 11.9. The van der Waals surface area contributed by atoms with Crippen LogP contribution in [-0.2, 0) is 0 Å². The molecule has 0 radical (unpaired) electrons. The van der Waals surface area contributed by atoms with Gasteiger partial charge in [-0.25, -0.2) is 0 Å². The summed E-state index contributed by atoms with van der Waals surface area (Å²) in [7, 11) is 0. The third-order valence-electron chi connectivity index (χ3n) is 4.31. The highest BCUT2D eigenvalue weighted by molar-refractivity contribution is 9.10. The summed E-state index contributed by atoms with van der Waals surface area (Å²) in [5.41, 5.74) is 1.49. The van der Waals surface area contributed by atoms with Crippen molar-refractivity contribution in [2.45, 2.75) is 50.6 Å². The lowest BCUT2D eigenvalue weighted by Crippen LogP contribution is -2.45. The van der Waals surface area contributed by atoms with Crippen molar-refractivity contribution < 1.29 is 0 Å². The molecule has 1 nitrogen and oxygen atoms in total. The van der Waals surface area contributed by atoms with Crippen LogP contribution in [0.2, 0.25) is 0 Å². The van der Waals surface area contributed by atoms with E-state index in [1.54, 1.807) is 0 Å². The smallest absolute Gasteiger partial charge is 0.0210 e. The van der Waals surface area contributed by atoms with Crippen LogP contribution < -0.4 is 5.32 Å². The minimum absolute atomic E-state index is 0.736. The molecule has 2 heteroatoms. The van der Waals surface area contributed by atoms with Gasteiger partial charge in [-0.1, -0.05) is 34.1 Å². The third kappa shape index (κ3) is 2.58. The van der Waals surface area contributed by atoms with Crippen LogP contribution in [0.4, 0.5) is 0 Å². The summed E-state index contributed by atoms with van der Waals surface area (Å²) in [5.74, 6) is 1.73. The van der Waals surface area contributed by atoms with E-state index in [0.717, 1.165) is 23.9 Å². The molecule has 1 atom stereocenters. The predicted octanol–water partition coefficient (Wildman–Crippen LogP) is 4.08. The van der Waals surface area contributed by atoms with Gasteiger partial charge in [0.25, 0.3) is 0 Å². The van der Waals surface area contributed by atoms with E-state index >= 15 is 0 Å². The fraction of sp³-hybridized carbons (Fsp3) is 0.600. The van der Waals surface area contributed by atoms with E-state index in [-0.39, 0.29) is 0 Å². The van der Waals surface area contributed by atoms with Crippen LogP contribution in [0, 0.1) is 5.92 Å². The van der Waals surface area contributed by atoms with Crippen LogP contribution in [0.25, 0.3) is 0 Å². The Morgan fingerprint density at radius 1 is 1.24 bits per heavy atom. The van der Waals surface area contributed by atoms with E-state index in [1.807, 2.05) is 0 Å². The Hall–Kier alpha value is -0.340. The first-order valence-electron chi connectivity index (χ1n) is 6.74. The second-order valence-electron chi connectivity index (χ2n) is 5.68. The summed E-state index contributed by atoms with van der Waals surface area (Å²) in [6.07, 6.45) is 5.49. The molecule has 2 saturated carbocycles. The second-order valence-corrected chi connectivity index (χ2v) is 6.53. The van der Waals surface area contributed by atoms with Crippen molar-refractivity contribution in [3.05, 3.63) is 34.3 Å². The van der Waals surface area contributed by atoms with Crippen LogP contribution >= 0.6 is 15.9 Å². The van der Waals surface area contributed by atoms with Crippen molar-refractivity contribution in [1.29, 1.82) is 0 Å². The highest BCUT2D eigenvalue weighted by Crippen LogP contribution is 2.41. The lowest BCUT2D eigenvalue weighted by atomic mass is 9.75. The van der Waals surface area contributed by atoms with Gasteiger partial charge in [-0.2, -0.15) is 0 Å². The van der Waals surface area contributed by atoms with Crippen LogP contribution in [0.5, 0.6) is 0 Å². The molecule has 0 bridgehead atoms. The second kappa shape index (κ2) is 4.74. The van der Waals surface area contributed by atoms with Crippen LogP contribution in [-0.4, -0.2) is 12.1 Å². The van der Waals surface area contributed by atoms with Crippen molar-refractivity contribution >= 4 is 15.9 Å². The molecule has 1 aromatic rings. The molecular formula is C15H20BrN. The summed E-state index contributed by atoms with van der Waals surface area (Å²) in [4.78, 5) is 0. The fourth-order valence-corrected chi connectivity index (χ4v) is 3.53. The van der Waals surface area contributed by atoms with Gasteiger partial charge in [-0.3, -0.25) is 0 Å². The molecule has 3 rings (SSSR count). The van der Waals surface area contributed by atoms with Gasteiger partial charge in [0.2, 0.25) is 0 Å². The molecule has 2 aliphatic rings. The Morgan fingerprint density at radius 2 is 1.94 bits per heavy atom. The highest BCUT2D eigenvalue weighted by atomic mass is 79.9.